The number of hydrogen-bond donors (Lipinski definition) is 1. The molecular formula is C12H21NO2. The van der Waals surface area contributed by atoms with E-state index in [0.717, 1.165) is 31.3 Å². The molecule has 0 spiro atoms. The van der Waals surface area contributed by atoms with Gasteiger partial charge in [-0.3, -0.25) is 9.69 Å². The van der Waals surface area contributed by atoms with Gasteiger partial charge in [-0.1, -0.05) is 13.8 Å². The van der Waals surface area contributed by atoms with Crippen LogP contribution in [0.5, 0.6) is 0 Å². The number of aliphatic carboxylic acids is 1. The van der Waals surface area contributed by atoms with E-state index in [1.54, 1.807) is 0 Å². The van der Waals surface area contributed by atoms with Gasteiger partial charge in [0.1, 0.15) is 0 Å². The Morgan fingerprint density at radius 1 is 1.47 bits per heavy atom. The Hall–Kier alpha value is -0.570. The first-order valence-corrected chi connectivity index (χ1v) is 5.91. The van der Waals surface area contributed by atoms with E-state index in [1.807, 2.05) is 6.92 Å². The van der Waals surface area contributed by atoms with Gasteiger partial charge in [-0.05, 0) is 38.1 Å². The van der Waals surface area contributed by atoms with Gasteiger partial charge in [0.05, 0.1) is 5.41 Å². The Kier molecular flexibility index (Phi) is 2.53. The van der Waals surface area contributed by atoms with Crippen LogP contribution in [0.15, 0.2) is 0 Å². The summed E-state index contributed by atoms with van der Waals surface area (Å²) in [4.78, 5) is 13.5. The Labute approximate surface area is 91.5 Å². The summed E-state index contributed by atoms with van der Waals surface area (Å²) in [5, 5.41) is 9.15. The van der Waals surface area contributed by atoms with Gasteiger partial charge in [-0.15, -0.1) is 0 Å². The second kappa shape index (κ2) is 3.48. The Balaban J connectivity index is 1.96. The molecule has 0 aromatic carbocycles. The van der Waals surface area contributed by atoms with E-state index in [2.05, 4.69) is 18.7 Å². The first-order valence-electron chi connectivity index (χ1n) is 5.91. The van der Waals surface area contributed by atoms with Gasteiger partial charge in [0.2, 0.25) is 0 Å². The molecule has 0 aromatic heterocycles. The maximum absolute atomic E-state index is 11.1. The molecule has 0 radical (unpaired) electrons. The molecule has 0 amide bonds. The summed E-state index contributed by atoms with van der Waals surface area (Å²) < 4.78 is 0. The van der Waals surface area contributed by atoms with Crippen molar-refractivity contribution in [2.45, 2.75) is 39.7 Å². The highest BCUT2D eigenvalue weighted by molar-refractivity contribution is 5.74. The predicted octanol–water partition coefficient (Wildman–Crippen LogP) is 1.83. The van der Waals surface area contributed by atoms with Crippen LogP contribution in [0.25, 0.3) is 0 Å². The van der Waals surface area contributed by atoms with Crippen LogP contribution in [-0.4, -0.2) is 35.1 Å². The van der Waals surface area contributed by atoms with Crippen molar-refractivity contribution in [2.75, 3.05) is 13.1 Å². The van der Waals surface area contributed by atoms with E-state index in [1.165, 1.54) is 6.42 Å². The average Bonchev–Trinajstić information content (AvgIpc) is 2.57. The number of rotatable bonds is 2. The van der Waals surface area contributed by atoms with Crippen molar-refractivity contribution >= 4 is 5.97 Å². The van der Waals surface area contributed by atoms with Crippen molar-refractivity contribution in [3.63, 3.8) is 0 Å². The fourth-order valence-electron chi connectivity index (χ4n) is 2.93. The quantitative estimate of drug-likeness (QED) is 0.757. The van der Waals surface area contributed by atoms with Gasteiger partial charge in [0.15, 0.2) is 0 Å². The van der Waals surface area contributed by atoms with E-state index in [4.69, 9.17) is 5.11 Å². The third-order valence-electron chi connectivity index (χ3n) is 4.61. The number of carbonyl (C=O) groups is 1. The number of nitrogens with zero attached hydrogens (tertiary/aromatic N) is 1. The minimum Gasteiger partial charge on any atom is -0.481 e. The predicted molar refractivity (Wildman–Crippen MR) is 58.7 cm³/mol. The molecule has 1 saturated carbocycles. The maximum atomic E-state index is 11.1. The van der Waals surface area contributed by atoms with Crippen molar-refractivity contribution < 1.29 is 9.90 Å². The number of hydrogen-bond acceptors (Lipinski definition) is 2. The summed E-state index contributed by atoms with van der Waals surface area (Å²) in [6.07, 6.45) is 2.05. The van der Waals surface area contributed by atoms with E-state index in [-0.39, 0.29) is 0 Å². The van der Waals surface area contributed by atoms with Crippen molar-refractivity contribution in [2.24, 2.45) is 17.3 Å². The number of carboxylic acids is 1. The molecule has 1 aliphatic heterocycles. The molecule has 1 aliphatic carbocycles. The highest BCUT2D eigenvalue weighted by atomic mass is 16.4. The van der Waals surface area contributed by atoms with Crippen LogP contribution in [0, 0.1) is 17.3 Å². The lowest BCUT2D eigenvalue weighted by Crippen LogP contribution is -2.50. The summed E-state index contributed by atoms with van der Waals surface area (Å²) in [5.41, 5.74) is -0.501. The fraction of sp³-hybridized carbons (Fsp3) is 0.917. The first-order chi connectivity index (χ1) is 6.94. The van der Waals surface area contributed by atoms with E-state index in [0.29, 0.717) is 6.04 Å². The van der Waals surface area contributed by atoms with Crippen molar-refractivity contribution in [3.8, 4) is 0 Å². The number of carboxylic acid groups (broad SMARTS) is 1. The molecule has 3 heteroatoms. The zero-order chi connectivity index (χ0) is 11.2. The summed E-state index contributed by atoms with van der Waals surface area (Å²) in [6, 6.07) is 0.640. The summed E-state index contributed by atoms with van der Waals surface area (Å²) in [7, 11) is 0. The summed E-state index contributed by atoms with van der Waals surface area (Å²) >= 11 is 0. The molecule has 0 aromatic rings. The van der Waals surface area contributed by atoms with Gasteiger partial charge >= 0.3 is 5.97 Å². The highest BCUT2D eigenvalue weighted by Crippen LogP contribution is 2.42. The Bertz CT molecular complexity index is 279. The molecule has 15 heavy (non-hydrogen) atoms. The molecule has 3 nitrogen and oxygen atoms in total. The van der Waals surface area contributed by atoms with Crippen molar-refractivity contribution in [1.82, 2.24) is 4.90 Å². The molecule has 1 saturated heterocycles. The van der Waals surface area contributed by atoms with E-state index >= 15 is 0 Å². The van der Waals surface area contributed by atoms with E-state index in [9.17, 15) is 4.79 Å². The first kappa shape index (κ1) is 10.9. The maximum Gasteiger partial charge on any atom is 0.310 e. The Morgan fingerprint density at radius 3 is 2.53 bits per heavy atom. The van der Waals surface area contributed by atoms with Crippen LogP contribution in [0.3, 0.4) is 0 Å². The topological polar surface area (TPSA) is 40.5 Å². The normalized spacial score (nSPS) is 46.5. The zero-order valence-corrected chi connectivity index (χ0v) is 9.86. The van der Waals surface area contributed by atoms with Gasteiger partial charge in [-0.2, -0.15) is 0 Å². The van der Waals surface area contributed by atoms with Crippen LogP contribution in [0.4, 0.5) is 0 Å². The van der Waals surface area contributed by atoms with Crippen LogP contribution < -0.4 is 0 Å². The van der Waals surface area contributed by atoms with Crippen molar-refractivity contribution in [1.29, 1.82) is 0 Å². The third-order valence-corrected chi connectivity index (χ3v) is 4.61. The largest absolute Gasteiger partial charge is 0.481 e. The van der Waals surface area contributed by atoms with Crippen LogP contribution >= 0.6 is 0 Å². The summed E-state index contributed by atoms with van der Waals surface area (Å²) in [6.45, 7) is 8.15. The second-order valence-corrected chi connectivity index (χ2v) is 5.73. The lowest BCUT2D eigenvalue weighted by atomic mass is 9.71. The molecule has 2 fully saturated rings. The highest BCUT2D eigenvalue weighted by Gasteiger charge is 2.47. The SMILES string of the molecule is CC1CC(N2CCC(C)(C(=O)O)C2)C1C. The molecule has 2 aliphatic rings. The lowest BCUT2D eigenvalue weighted by Gasteiger charge is -2.46. The Morgan fingerprint density at radius 2 is 2.13 bits per heavy atom. The van der Waals surface area contributed by atoms with Gasteiger partial charge in [0, 0.05) is 12.6 Å². The van der Waals surface area contributed by atoms with Gasteiger partial charge < -0.3 is 5.11 Å². The minimum atomic E-state index is -0.634. The fourth-order valence-corrected chi connectivity index (χ4v) is 2.93. The molecule has 0 bridgehead atoms. The smallest absolute Gasteiger partial charge is 0.310 e. The molecule has 2 rings (SSSR count). The molecule has 1 heterocycles. The van der Waals surface area contributed by atoms with Crippen LogP contribution in [0.2, 0.25) is 0 Å². The third kappa shape index (κ3) is 1.67. The van der Waals surface area contributed by atoms with E-state index < -0.39 is 11.4 Å². The van der Waals surface area contributed by atoms with Gasteiger partial charge in [0.25, 0.3) is 0 Å². The molecule has 1 N–H and O–H groups in total. The van der Waals surface area contributed by atoms with Crippen LogP contribution in [-0.2, 0) is 4.79 Å². The lowest BCUT2D eigenvalue weighted by molar-refractivity contribution is -0.147. The summed E-state index contributed by atoms with van der Waals surface area (Å²) in [5.74, 6) is 0.915. The zero-order valence-electron chi connectivity index (χ0n) is 9.86. The number of likely N-dealkylation sites (tertiary alicyclic amines) is 1. The second-order valence-electron chi connectivity index (χ2n) is 5.73. The molecule has 4 atom stereocenters. The van der Waals surface area contributed by atoms with Gasteiger partial charge in [-0.25, -0.2) is 0 Å². The molecular weight excluding hydrogens is 190 g/mol. The minimum absolute atomic E-state index is 0.501. The van der Waals surface area contributed by atoms with Crippen molar-refractivity contribution in [3.05, 3.63) is 0 Å². The average molecular weight is 211 g/mol. The van der Waals surface area contributed by atoms with Crippen LogP contribution in [0.1, 0.15) is 33.6 Å². The molecule has 4 unspecified atom stereocenters. The monoisotopic (exact) mass is 211 g/mol. The molecule has 86 valence electrons. The standard InChI is InChI=1S/C12H21NO2/c1-8-6-10(9(8)2)13-5-4-12(3,7-13)11(14)15/h8-10H,4-7H2,1-3H3,(H,14,15).